The van der Waals surface area contributed by atoms with E-state index < -0.39 is 12.1 Å². The summed E-state index contributed by atoms with van der Waals surface area (Å²) in [6, 6.07) is -1.20. The van der Waals surface area contributed by atoms with Gasteiger partial charge in [0.05, 0.1) is 6.04 Å². The molecule has 16 heavy (non-hydrogen) atoms. The molecule has 6 nitrogen and oxygen atoms in total. The molecular weight excluding hydrogens is 210 g/mol. The molecule has 0 radical (unpaired) electrons. The van der Waals surface area contributed by atoms with Crippen LogP contribution >= 0.6 is 0 Å². The van der Waals surface area contributed by atoms with E-state index in [0.717, 1.165) is 0 Å². The molecule has 0 heterocycles. The number of hydrogen-bond acceptors (Lipinski definition) is 4. The van der Waals surface area contributed by atoms with Crippen molar-refractivity contribution in [3.8, 4) is 0 Å². The summed E-state index contributed by atoms with van der Waals surface area (Å²) in [5, 5.41) is 2.56. The average Bonchev–Trinajstić information content (AvgIpc) is 2.24. The SMILES string of the molecule is COCCC(N)C(=O)NC(C)C(=O)N(C)C. The van der Waals surface area contributed by atoms with E-state index in [4.69, 9.17) is 10.5 Å². The molecule has 0 aliphatic rings. The van der Waals surface area contributed by atoms with Gasteiger partial charge in [-0.1, -0.05) is 0 Å². The maximum absolute atomic E-state index is 11.5. The van der Waals surface area contributed by atoms with E-state index in [1.54, 1.807) is 28.1 Å². The predicted molar refractivity (Wildman–Crippen MR) is 60.8 cm³/mol. The Balaban J connectivity index is 4.08. The Kier molecular flexibility index (Phi) is 6.67. The third-order valence-corrected chi connectivity index (χ3v) is 2.14. The monoisotopic (exact) mass is 231 g/mol. The zero-order chi connectivity index (χ0) is 12.7. The molecule has 0 aromatic heterocycles. The van der Waals surface area contributed by atoms with Gasteiger partial charge in [0.25, 0.3) is 0 Å². The van der Waals surface area contributed by atoms with Crippen LogP contribution in [0, 0.1) is 0 Å². The van der Waals surface area contributed by atoms with Crippen molar-refractivity contribution in [3.63, 3.8) is 0 Å². The molecule has 0 spiro atoms. The second kappa shape index (κ2) is 7.19. The highest BCUT2D eigenvalue weighted by molar-refractivity contribution is 5.89. The van der Waals surface area contributed by atoms with Crippen LogP contribution in [0.4, 0.5) is 0 Å². The van der Waals surface area contributed by atoms with Crippen molar-refractivity contribution in [2.45, 2.75) is 25.4 Å². The van der Waals surface area contributed by atoms with Crippen LogP contribution in [0.2, 0.25) is 0 Å². The third kappa shape index (κ3) is 5.09. The zero-order valence-electron chi connectivity index (χ0n) is 10.3. The normalized spacial score (nSPS) is 14.1. The number of likely N-dealkylation sites (N-methyl/N-ethyl adjacent to an activating group) is 1. The molecule has 94 valence electrons. The van der Waals surface area contributed by atoms with Crippen LogP contribution < -0.4 is 11.1 Å². The Labute approximate surface area is 96.1 Å². The molecule has 0 saturated carbocycles. The highest BCUT2D eigenvalue weighted by Gasteiger charge is 2.20. The van der Waals surface area contributed by atoms with Gasteiger partial charge in [-0.2, -0.15) is 0 Å². The summed E-state index contributed by atoms with van der Waals surface area (Å²) in [7, 11) is 4.81. The van der Waals surface area contributed by atoms with Gasteiger partial charge in [0.2, 0.25) is 11.8 Å². The Bertz CT molecular complexity index is 243. The molecule has 2 atom stereocenters. The summed E-state index contributed by atoms with van der Waals surface area (Å²) in [6.07, 6.45) is 0.436. The summed E-state index contributed by atoms with van der Waals surface area (Å²) in [4.78, 5) is 24.4. The van der Waals surface area contributed by atoms with Gasteiger partial charge in [-0.15, -0.1) is 0 Å². The van der Waals surface area contributed by atoms with Crippen LogP contribution in [0.1, 0.15) is 13.3 Å². The smallest absolute Gasteiger partial charge is 0.244 e. The molecule has 0 rings (SSSR count). The van der Waals surface area contributed by atoms with Crippen LogP contribution in [0.25, 0.3) is 0 Å². The van der Waals surface area contributed by atoms with Gasteiger partial charge in [-0.05, 0) is 13.3 Å². The largest absolute Gasteiger partial charge is 0.385 e. The molecule has 6 heteroatoms. The molecule has 3 N–H and O–H groups in total. The van der Waals surface area contributed by atoms with E-state index in [-0.39, 0.29) is 11.8 Å². The molecular formula is C10H21N3O3. The summed E-state index contributed by atoms with van der Waals surface area (Å²) < 4.78 is 4.82. The lowest BCUT2D eigenvalue weighted by Crippen LogP contribution is -2.50. The lowest BCUT2D eigenvalue weighted by atomic mass is 10.2. The van der Waals surface area contributed by atoms with Gasteiger partial charge in [0.15, 0.2) is 0 Å². The van der Waals surface area contributed by atoms with Crippen LogP contribution in [-0.4, -0.2) is 56.6 Å². The Morgan fingerprint density at radius 2 is 2.00 bits per heavy atom. The summed E-state index contributed by atoms with van der Waals surface area (Å²) in [5.41, 5.74) is 5.61. The highest BCUT2D eigenvalue weighted by atomic mass is 16.5. The van der Waals surface area contributed by atoms with Gasteiger partial charge in [0.1, 0.15) is 6.04 Å². The van der Waals surface area contributed by atoms with Crippen molar-refractivity contribution in [2.75, 3.05) is 27.8 Å². The van der Waals surface area contributed by atoms with E-state index in [0.29, 0.717) is 13.0 Å². The molecule has 2 unspecified atom stereocenters. The lowest BCUT2D eigenvalue weighted by Gasteiger charge is -2.19. The Morgan fingerprint density at radius 1 is 1.44 bits per heavy atom. The van der Waals surface area contributed by atoms with Gasteiger partial charge >= 0.3 is 0 Å². The Hall–Kier alpha value is -1.14. The van der Waals surface area contributed by atoms with E-state index >= 15 is 0 Å². The highest BCUT2D eigenvalue weighted by Crippen LogP contribution is 1.93. The molecule has 0 aliphatic carbocycles. The minimum absolute atomic E-state index is 0.160. The van der Waals surface area contributed by atoms with Crippen LogP contribution in [0.3, 0.4) is 0 Å². The number of nitrogens with two attached hydrogens (primary N) is 1. The average molecular weight is 231 g/mol. The maximum atomic E-state index is 11.5. The van der Waals surface area contributed by atoms with Crippen molar-refractivity contribution in [1.29, 1.82) is 0 Å². The van der Waals surface area contributed by atoms with Gasteiger partial charge in [-0.25, -0.2) is 0 Å². The first-order chi connectivity index (χ1) is 7.40. The Morgan fingerprint density at radius 3 is 2.44 bits per heavy atom. The minimum atomic E-state index is -0.641. The summed E-state index contributed by atoms with van der Waals surface area (Å²) >= 11 is 0. The van der Waals surface area contributed by atoms with Crippen molar-refractivity contribution in [1.82, 2.24) is 10.2 Å². The fourth-order valence-electron chi connectivity index (χ4n) is 1.15. The van der Waals surface area contributed by atoms with E-state index in [2.05, 4.69) is 5.32 Å². The van der Waals surface area contributed by atoms with Crippen LogP contribution in [-0.2, 0) is 14.3 Å². The van der Waals surface area contributed by atoms with E-state index in [1.807, 2.05) is 0 Å². The maximum Gasteiger partial charge on any atom is 0.244 e. The topological polar surface area (TPSA) is 84.7 Å². The number of rotatable bonds is 6. The molecule has 2 amide bonds. The number of nitrogens with one attached hydrogen (secondary N) is 1. The fourth-order valence-corrected chi connectivity index (χ4v) is 1.15. The van der Waals surface area contributed by atoms with Gasteiger partial charge in [0, 0.05) is 27.8 Å². The summed E-state index contributed by atoms with van der Waals surface area (Å²) in [6.45, 7) is 2.05. The van der Waals surface area contributed by atoms with Gasteiger partial charge < -0.3 is 20.7 Å². The second-order valence-corrected chi connectivity index (χ2v) is 3.85. The minimum Gasteiger partial charge on any atom is -0.385 e. The number of hydrogen-bond donors (Lipinski definition) is 2. The molecule has 0 aromatic rings. The van der Waals surface area contributed by atoms with Crippen molar-refractivity contribution < 1.29 is 14.3 Å². The molecule has 0 aromatic carbocycles. The van der Waals surface area contributed by atoms with Crippen LogP contribution in [0.5, 0.6) is 0 Å². The first-order valence-corrected chi connectivity index (χ1v) is 5.16. The summed E-state index contributed by atoms with van der Waals surface area (Å²) in [5.74, 6) is -0.493. The first-order valence-electron chi connectivity index (χ1n) is 5.16. The number of amides is 2. The third-order valence-electron chi connectivity index (χ3n) is 2.14. The zero-order valence-corrected chi connectivity index (χ0v) is 10.3. The number of methoxy groups -OCH3 is 1. The fraction of sp³-hybridized carbons (Fsp3) is 0.800. The van der Waals surface area contributed by atoms with E-state index in [1.165, 1.54) is 4.90 Å². The standard InChI is InChI=1S/C10H21N3O3/c1-7(10(15)13(2)3)12-9(14)8(11)5-6-16-4/h7-8H,5-6,11H2,1-4H3,(H,12,14). The molecule has 0 fully saturated rings. The molecule has 0 aliphatic heterocycles. The number of carbonyl (C=O) groups excluding carboxylic acids is 2. The van der Waals surface area contributed by atoms with E-state index in [9.17, 15) is 9.59 Å². The quantitative estimate of drug-likeness (QED) is 0.610. The van der Waals surface area contributed by atoms with Gasteiger partial charge in [-0.3, -0.25) is 9.59 Å². The molecule has 0 saturated heterocycles. The van der Waals surface area contributed by atoms with Crippen LogP contribution in [0.15, 0.2) is 0 Å². The number of nitrogens with zero attached hydrogens (tertiary/aromatic N) is 1. The number of carbonyl (C=O) groups is 2. The predicted octanol–water partition coefficient (Wildman–Crippen LogP) is -1.06. The first kappa shape index (κ1) is 14.9. The second-order valence-electron chi connectivity index (χ2n) is 3.85. The van der Waals surface area contributed by atoms with Crippen molar-refractivity contribution >= 4 is 11.8 Å². The number of ether oxygens (including phenoxy) is 1. The molecule has 0 bridgehead atoms. The lowest BCUT2D eigenvalue weighted by molar-refractivity contribution is -0.134. The van der Waals surface area contributed by atoms with Crippen molar-refractivity contribution in [2.24, 2.45) is 5.73 Å². The van der Waals surface area contributed by atoms with Crippen molar-refractivity contribution in [3.05, 3.63) is 0 Å².